The average molecular weight is 671 g/mol. The summed E-state index contributed by atoms with van der Waals surface area (Å²) >= 11 is 5.57. The second-order valence-corrected chi connectivity index (χ2v) is 15.2. The van der Waals surface area contributed by atoms with Crippen molar-refractivity contribution in [3.8, 4) is 32.3 Å². The maximum Gasteiger partial charge on any atom is 0.159 e. The van der Waals surface area contributed by atoms with Crippen LogP contribution in [0.25, 0.3) is 94.5 Å². The first kappa shape index (κ1) is 26.5. The predicted octanol–water partition coefficient (Wildman–Crippen LogP) is 12.1. The molecule has 0 amide bonds. The molecule has 0 bridgehead atoms. The van der Waals surface area contributed by atoms with Gasteiger partial charge in [0, 0.05) is 70.2 Å². The molecular formula is C40H22N4OS3. The standard InChI is InChI=1S/C40H22N4OS3/c1-3-27-29-15-23(7-9-33(29)45-39(27)31(5-1)43-13-11-41-21-43)35-17-25-19-38-26(20-37(25)46-35)18-36(47-38)24-8-10-34-30(16-24)28-4-2-6-32(40(28)48-34)44-14-12-42-22-44/h1-22H. The minimum Gasteiger partial charge on any atom is -0.454 e. The SMILES string of the molecule is c1cc(-n2ccnc2)c2oc3ccc(-c4cc5cc6sc(-c7ccc8sc9c(-n%10ccnc%10)cccc9c8c7)cc6cc5s4)cc3c2c1. The van der Waals surface area contributed by atoms with E-state index in [1.165, 1.54) is 66.9 Å². The number of imidazole rings is 2. The van der Waals surface area contributed by atoms with E-state index in [9.17, 15) is 0 Å². The molecule has 6 aromatic heterocycles. The fraction of sp³-hybridized carbons (Fsp3) is 0. The number of nitrogens with zero attached hydrogens (tertiary/aromatic N) is 4. The smallest absolute Gasteiger partial charge is 0.159 e. The Morgan fingerprint density at radius 2 is 1.17 bits per heavy atom. The number of aromatic nitrogens is 4. The van der Waals surface area contributed by atoms with Gasteiger partial charge in [-0.3, -0.25) is 0 Å². The van der Waals surface area contributed by atoms with Crippen molar-refractivity contribution < 1.29 is 4.42 Å². The molecule has 0 radical (unpaired) electrons. The molecular weight excluding hydrogens is 649 g/mol. The van der Waals surface area contributed by atoms with Gasteiger partial charge in [0.25, 0.3) is 0 Å². The Hall–Kier alpha value is -5.54. The summed E-state index contributed by atoms with van der Waals surface area (Å²) in [6, 6.07) is 35.7. The average Bonchev–Trinajstić information content (AvgIpc) is 3.97. The fourth-order valence-corrected chi connectivity index (χ4v) is 10.3. The van der Waals surface area contributed by atoms with Gasteiger partial charge in [0.15, 0.2) is 5.58 Å². The maximum absolute atomic E-state index is 6.36. The van der Waals surface area contributed by atoms with Gasteiger partial charge in [0.05, 0.1) is 28.7 Å². The van der Waals surface area contributed by atoms with Crippen LogP contribution in [0.5, 0.6) is 0 Å². The van der Waals surface area contributed by atoms with E-state index in [4.69, 9.17) is 4.42 Å². The number of benzene rings is 5. The summed E-state index contributed by atoms with van der Waals surface area (Å²) in [7, 11) is 0. The largest absolute Gasteiger partial charge is 0.454 e. The Balaban J connectivity index is 0.973. The van der Waals surface area contributed by atoms with Crippen LogP contribution in [0.3, 0.4) is 0 Å². The van der Waals surface area contributed by atoms with Crippen LogP contribution in [-0.2, 0) is 0 Å². The summed E-state index contributed by atoms with van der Waals surface area (Å²) in [5.74, 6) is 0. The zero-order valence-corrected chi connectivity index (χ0v) is 27.6. The van der Waals surface area contributed by atoms with Gasteiger partial charge >= 0.3 is 0 Å². The molecule has 0 N–H and O–H groups in total. The summed E-state index contributed by atoms with van der Waals surface area (Å²) in [6.07, 6.45) is 11.2. The summed E-state index contributed by atoms with van der Waals surface area (Å²) in [5.41, 5.74) is 6.40. The Morgan fingerprint density at radius 3 is 1.88 bits per heavy atom. The van der Waals surface area contributed by atoms with Crippen molar-refractivity contribution >= 4 is 96.3 Å². The van der Waals surface area contributed by atoms with Crippen molar-refractivity contribution in [2.24, 2.45) is 0 Å². The van der Waals surface area contributed by atoms with Crippen molar-refractivity contribution in [3.05, 3.63) is 135 Å². The molecule has 8 heteroatoms. The molecule has 0 aliphatic rings. The van der Waals surface area contributed by atoms with E-state index < -0.39 is 0 Å². The zero-order valence-electron chi connectivity index (χ0n) is 25.1. The van der Waals surface area contributed by atoms with Crippen molar-refractivity contribution in [1.29, 1.82) is 0 Å². The minimum atomic E-state index is 0.876. The van der Waals surface area contributed by atoms with E-state index in [-0.39, 0.29) is 0 Å². The third-order valence-electron chi connectivity index (χ3n) is 9.24. The summed E-state index contributed by atoms with van der Waals surface area (Å²) in [6.45, 7) is 0. The molecule has 6 heterocycles. The van der Waals surface area contributed by atoms with Crippen LogP contribution in [0.4, 0.5) is 0 Å². The van der Waals surface area contributed by atoms with E-state index in [2.05, 4.69) is 112 Å². The third-order valence-corrected chi connectivity index (χ3v) is 12.7. The van der Waals surface area contributed by atoms with Gasteiger partial charge in [-0.15, -0.1) is 34.0 Å². The lowest BCUT2D eigenvalue weighted by molar-refractivity contribution is 0.665. The van der Waals surface area contributed by atoms with Crippen LogP contribution in [0.15, 0.2) is 139 Å². The molecule has 5 aromatic carbocycles. The molecule has 0 saturated carbocycles. The molecule has 0 saturated heterocycles. The van der Waals surface area contributed by atoms with E-state index >= 15 is 0 Å². The number of fused-ring (bicyclic) bond motifs is 8. The first-order valence-electron chi connectivity index (χ1n) is 15.6. The van der Waals surface area contributed by atoms with Crippen molar-refractivity contribution in [2.75, 3.05) is 0 Å². The van der Waals surface area contributed by atoms with Crippen LogP contribution in [0.2, 0.25) is 0 Å². The van der Waals surface area contributed by atoms with Crippen LogP contribution < -0.4 is 0 Å². The number of hydrogen-bond acceptors (Lipinski definition) is 6. The van der Waals surface area contributed by atoms with Crippen molar-refractivity contribution in [3.63, 3.8) is 0 Å². The van der Waals surface area contributed by atoms with Gasteiger partial charge in [-0.2, -0.15) is 0 Å². The van der Waals surface area contributed by atoms with Crippen LogP contribution in [0, 0.1) is 0 Å². The summed E-state index contributed by atoms with van der Waals surface area (Å²) in [4.78, 5) is 11.0. The first-order valence-corrected chi connectivity index (χ1v) is 18.0. The molecule has 0 fully saturated rings. The Kier molecular flexibility index (Phi) is 5.51. The van der Waals surface area contributed by atoms with E-state index in [1.807, 2.05) is 63.5 Å². The highest BCUT2D eigenvalue weighted by molar-refractivity contribution is 7.26. The topological polar surface area (TPSA) is 48.8 Å². The predicted molar refractivity (Wildman–Crippen MR) is 202 cm³/mol. The lowest BCUT2D eigenvalue weighted by Crippen LogP contribution is -1.89. The van der Waals surface area contributed by atoms with Gasteiger partial charge < -0.3 is 13.6 Å². The molecule has 0 aliphatic heterocycles. The van der Waals surface area contributed by atoms with Crippen LogP contribution >= 0.6 is 34.0 Å². The Labute approximate surface area is 285 Å². The highest BCUT2D eigenvalue weighted by atomic mass is 32.1. The maximum atomic E-state index is 6.36. The molecule has 11 aromatic rings. The molecule has 0 aliphatic carbocycles. The highest BCUT2D eigenvalue weighted by Crippen LogP contribution is 2.44. The summed E-state index contributed by atoms with van der Waals surface area (Å²) < 4.78 is 15.6. The van der Waals surface area contributed by atoms with Gasteiger partial charge in [-0.1, -0.05) is 30.3 Å². The second-order valence-electron chi connectivity index (χ2n) is 12.0. The quantitative estimate of drug-likeness (QED) is 0.187. The Bertz CT molecular complexity index is 2760. The van der Waals surface area contributed by atoms with Crippen LogP contribution in [0.1, 0.15) is 0 Å². The molecule has 0 unspecified atom stereocenters. The van der Waals surface area contributed by atoms with Gasteiger partial charge in [0.1, 0.15) is 5.58 Å². The number of hydrogen-bond donors (Lipinski definition) is 0. The van der Waals surface area contributed by atoms with Gasteiger partial charge in [-0.25, -0.2) is 9.97 Å². The lowest BCUT2D eigenvalue weighted by atomic mass is 10.1. The number of thiophene rings is 3. The van der Waals surface area contributed by atoms with Crippen molar-refractivity contribution in [1.82, 2.24) is 19.1 Å². The zero-order chi connectivity index (χ0) is 31.3. The third kappa shape index (κ3) is 3.94. The van der Waals surface area contributed by atoms with E-state index in [1.54, 1.807) is 12.5 Å². The number of furan rings is 1. The molecule has 0 atom stereocenters. The normalized spacial score (nSPS) is 12.2. The van der Waals surface area contributed by atoms with Gasteiger partial charge in [0.2, 0.25) is 0 Å². The van der Waals surface area contributed by atoms with Crippen molar-refractivity contribution in [2.45, 2.75) is 0 Å². The van der Waals surface area contributed by atoms with E-state index in [0.717, 1.165) is 27.6 Å². The van der Waals surface area contributed by atoms with Crippen LogP contribution in [-0.4, -0.2) is 19.1 Å². The fourth-order valence-electron chi connectivity index (χ4n) is 6.94. The van der Waals surface area contributed by atoms with E-state index in [0.29, 0.717) is 0 Å². The van der Waals surface area contributed by atoms with Gasteiger partial charge in [-0.05, 0) is 88.6 Å². The summed E-state index contributed by atoms with van der Waals surface area (Å²) in [5, 5.41) is 7.40. The molecule has 48 heavy (non-hydrogen) atoms. The second kappa shape index (κ2) is 9.98. The lowest BCUT2D eigenvalue weighted by Gasteiger charge is -2.03. The number of para-hydroxylation sites is 1. The Morgan fingerprint density at radius 1 is 0.521 bits per heavy atom. The number of rotatable bonds is 4. The molecule has 11 rings (SSSR count). The first-order chi connectivity index (χ1) is 23.7. The molecule has 5 nitrogen and oxygen atoms in total. The molecule has 226 valence electrons. The highest BCUT2D eigenvalue weighted by Gasteiger charge is 2.16. The molecule has 0 spiro atoms. The monoisotopic (exact) mass is 670 g/mol. The minimum absolute atomic E-state index is 0.876.